The first-order chi connectivity index (χ1) is 31.0. The van der Waals surface area contributed by atoms with Crippen molar-refractivity contribution >= 4 is 71.1 Å². The van der Waals surface area contributed by atoms with Gasteiger partial charge >= 0.3 is 0 Å². The maximum atomic E-state index is 14.8. The lowest BCUT2D eigenvalue weighted by Crippen LogP contribution is -2.17. The van der Waals surface area contributed by atoms with Crippen LogP contribution in [0.5, 0.6) is 0 Å². The summed E-state index contributed by atoms with van der Waals surface area (Å²) in [5.74, 6) is 1.40. The molecular formula is C59H53N3O3. The Hall–Kier alpha value is -7.05. The summed E-state index contributed by atoms with van der Waals surface area (Å²) < 4.78 is 11.5. The van der Waals surface area contributed by atoms with Crippen LogP contribution in [0.25, 0.3) is 99.3 Å². The fourth-order valence-corrected chi connectivity index (χ4v) is 10.2. The van der Waals surface area contributed by atoms with E-state index in [0.29, 0.717) is 32.6 Å². The number of fused-ring (bicyclic) bond motifs is 8. The van der Waals surface area contributed by atoms with Crippen molar-refractivity contribution in [1.82, 2.24) is 14.0 Å². The summed E-state index contributed by atoms with van der Waals surface area (Å²) in [4.78, 5) is 34.9. The maximum Gasteiger partial charge on any atom is 0.197 e. The third-order valence-electron chi connectivity index (χ3n) is 13.7. The van der Waals surface area contributed by atoms with Gasteiger partial charge in [-0.1, -0.05) is 130 Å². The molecule has 65 heavy (non-hydrogen) atoms. The van der Waals surface area contributed by atoms with E-state index < -0.39 is 0 Å². The van der Waals surface area contributed by atoms with Gasteiger partial charge in [0.05, 0.1) is 38.8 Å². The van der Waals surface area contributed by atoms with Gasteiger partial charge in [-0.25, -0.2) is 4.98 Å². The molecule has 4 heterocycles. The summed E-state index contributed by atoms with van der Waals surface area (Å²) in [5.41, 5.74) is 13.7. The molecule has 0 saturated heterocycles. The number of rotatable bonds is 5. The van der Waals surface area contributed by atoms with Crippen LogP contribution >= 0.6 is 0 Å². The Kier molecular flexibility index (Phi) is 8.91. The van der Waals surface area contributed by atoms with Gasteiger partial charge in [0, 0.05) is 32.3 Å². The molecule has 0 amide bonds. The van der Waals surface area contributed by atoms with Crippen molar-refractivity contribution in [2.45, 2.75) is 91.9 Å². The van der Waals surface area contributed by atoms with Crippen molar-refractivity contribution in [2.75, 3.05) is 0 Å². The summed E-state index contributed by atoms with van der Waals surface area (Å²) in [6.45, 7) is 22.1. The molecule has 0 bridgehead atoms. The minimum Gasteiger partial charge on any atom is -0.455 e. The lowest BCUT2D eigenvalue weighted by atomic mass is 9.85. The minimum absolute atomic E-state index is 0.0879. The average Bonchev–Trinajstić information content (AvgIpc) is 3.85. The second kappa shape index (κ2) is 14.2. The van der Waals surface area contributed by atoms with Crippen LogP contribution in [-0.2, 0) is 10.8 Å². The number of hydrogen-bond donors (Lipinski definition) is 0. The van der Waals surface area contributed by atoms with E-state index in [9.17, 15) is 9.59 Å². The molecule has 0 unspecified atom stereocenters. The van der Waals surface area contributed by atoms with Gasteiger partial charge in [-0.2, -0.15) is 0 Å². The van der Waals surface area contributed by atoms with Crippen LogP contribution in [0.3, 0.4) is 0 Å². The summed E-state index contributed by atoms with van der Waals surface area (Å²) in [5, 5.41) is 4.24. The molecule has 6 heteroatoms. The number of nitrogens with zero attached hydrogens (tertiary/aromatic N) is 3. The molecule has 0 atom stereocenters. The number of hydrogen-bond acceptors (Lipinski definition) is 4. The summed E-state index contributed by atoms with van der Waals surface area (Å²) in [7, 11) is 0. The van der Waals surface area contributed by atoms with Crippen molar-refractivity contribution in [2.24, 2.45) is 0 Å². The van der Waals surface area contributed by atoms with E-state index in [-0.39, 0.29) is 33.5 Å². The molecular weight excluding hydrogens is 799 g/mol. The van der Waals surface area contributed by atoms with E-state index >= 15 is 0 Å². The lowest BCUT2D eigenvalue weighted by Gasteiger charge is -2.23. The molecule has 0 aliphatic carbocycles. The first-order valence-electron chi connectivity index (χ1n) is 22.9. The van der Waals surface area contributed by atoms with Gasteiger partial charge in [-0.15, -0.1) is 0 Å². The van der Waals surface area contributed by atoms with Crippen molar-refractivity contribution in [3.8, 4) is 28.2 Å². The topological polar surface area (TPSA) is 69.5 Å². The van der Waals surface area contributed by atoms with Crippen molar-refractivity contribution in [3.05, 3.63) is 170 Å². The first-order valence-corrected chi connectivity index (χ1v) is 22.9. The highest BCUT2D eigenvalue weighted by Crippen LogP contribution is 2.42. The third kappa shape index (κ3) is 6.17. The molecule has 11 rings (SSSR count). The molecule has 0 aliphatic heterocycles. The highest BCUT2D eigenvalue weighted by atomic mass is 16.3. The summed E-state index contributed by atoms with van der Waals surface area (Å²) >= 11 is 0. The van der Waals surface area contributed by atoms with Gasteiger partial charge in [0.2, 0.25) is 0 Å². The lowest BCUT2D eigenvalue weighted by molar-refractivity contribution is 0.591. The van der Waals surface area contributed by atoms with Crippen LogP contribution in [0.2, 0.25) is 0 Å². The minimum atomic E-state index is -0.145. The quantitative estimate of drug-likeness (QED) is 0.128. The molecule has 4 aromatic heterocycles. The first kappa shape index (κ1) is 40.7. The molecule has 0 fully saturated rings. The second-order valence-corrected chi connectivity index (χ2v) is 20.7. The van der Waals surface area contributed by atoms with Gasteiger partial charge in [-0.05, 0) is 123 Å². The van der Waals surface area contributed by atoms with Crippen LogP contribution in [-0.4, -0.2) is 14.0 Å². The number of furan rings is 1. The zero-order valence-electron chi connectivity index (χ0n) is 38.8. The van der Waals surface area contributed by atoms with Gasteiger partial charge < -0.3 is 8.82 Å². The van der Waals surface area contributed by atoms with Crippen LogP contribution in [0.15, 0.2) is 141 Å². The normalized spacial score (nSPS) is 12.9. The second-order valence-electron chi connectivity index (χ2n) is 20.7. The highest BCUT2D eigenvalue weighted by Gasteiger charge is 2.26. The van der Waals surface area contributed by atoms with Crippen molar-refractivity contribution in [3.63, 3.8) is 0 Å². The predicted octanol–water partition coefficient (Wildman–Crippen LogP) is 15.0. The van der Waals surface area contributed by atoms with E-state index in [1.807, 2.05) is 36.4 Å². The third-order valence-corrected chi connectivity index (χ3v) is 13.7. The van der Waals surface area contributed by atoms with Crippen molar-refractivity contribution in [1.29, 1.82) is 0 Å². The molecule has 7 aromatic carbocycles. The fraction of sp³-hybridized carbons (Fsp3) is 0.237. The largest absolute Gasteiger partial charge is 0.455 e. The number of pyridine rings is 2. The van der Waals surface area contributed by atoms with Gasteiger partial charge in [-0.3, -0.25) is 14.2 Å². The number of benzene rings is 7. The molecule has 0 saturated carbocycles. The molecule has 0 N–H and O–H groups in total. The Balaban J connectivity index is 1.16. The average molecular weight is 852 g/mol. The number of aromatic nitrogens is 3. The standard InChI is InChI=1S/C59H53N3O3/c1-32(2)38-15-13-16-39(33(3)4)52(38)62-48-20-12-11-19-47(48)60-57(62)44-18-14-17-41-40-24-21-34(29-51(40)65-56(41)44)35-27-45-53-46(28-35)55(64)43-26-23-37(59(8,9)10)31-50(43)61(53)49-30-36(58(5,6)7)22-25-42(49)54(45)63/h11-33H,1-10H3. The smallest absolute Gasteiger partial charge is 0.197 e. The molecule has 322 valence electrons. The van der Waals surface area contributed by atoms with Gasteiger partial charge in [0.15, 0.2) is 10.9 Å². The molecule has 11 aromatic rings. The van der Waals surface area contributed by atoms with Crippen LogP contribution < -0.4 is 10.9 Å². The van der Waals surface area contributed by atoms with Crippen molar-refractivity contribution < 1.29 is 4.42 Å². The monoisotopic (exact) mass is 851 g/mol. The summed E-state index contributed by atoms with van der Waals surface area (Å²) in [6.07, 6.45) is 0. The maximum absolute atomic E-state index is 14.8. The van der Waals surface area contributed by atoms with E-state index in [1.54, 1.807) is 0 Å². The highest BCUT2D eigenvalue weighted by molar-refractivity contribution is 6.12. The number of para-hydroxylation sites is 4. The van der Waals surface area contributed by atoms with Crippen LogP contribution in [0.1, 0.15) is 103 Å². The Labute approximate surface area is 378 Å². The molecule has 6 nitrogen and oxygen atoms in total. The van der Waals surface area contributed by atoms with Crippen LogP contribution in [0.4, 0.5) is 0 Å². The van der Waals surface area contributed by atoms with Gasteiger partial charge in [0.25, 0.3) is 0 Å². The zero-order chi connectivity index (χ0) is 45.4. The Morgan fingerprint density at radius 1 is 0.523 bits per heavy atom. The molecule has 0 radical (unpaired) electrons. The molecule has 0 spiro atoms. The predicted molar refractivity (Wildman–Crippen MR) is 272 cm³/mol. The van der Waals surface area contributed by atoms with E-state index in [4.69, 9.17) is 9.40 Å². The van der Waals surface area contributed by atoms with Gasteiger partial charge in [0.1, 0.15) is 17.0 Å². The van der Waals surface area contributed by atoms with E-state index in [2.05, 4.69) is 169 Å². The summed E-state index contributed by atoms with van der Waals surface area (Å²) in [6, 6.07) is 43.8. The SMILES string of the molecule is CC(C)c1cccc(C(C)C)c1-n1c(-c2cccc3c2oc2cc(-c4cc5c(=O)c6ccc(C(C)(C)C)cc6n6c7cc(C(C)(C)C)ccc7c(=O)c(c4)c56)ccc23)nc2ccccc21. The number of imidazole rings is 1. The Bertz CT molecular complexity index is 3760. The Morgan fingerprint density at radius 2 is 1.09 bits per heavy atom. The zero-order valence-corrected chi connectivity index (χ0v) is 38.8. The van der Waals surface area contributed by atoms with E-state index in [0.717, 1.165) is 72.1 Å². The molecule has 0 aliphatic rings. The van der Waals surface area contributed by atoms with E-state index in [1.165, 1.54) is 16.8 Å². The fourth-order valence-electron chi connectivity index (χ4n) is 10.2. The van der Waals surface area contributed by atoms with Crippen LogP contribution in [0, 0.1) is 0 Å². The Morgan fingerprint density at radius 3 is 1.68 bits per heavy atom.